The highest BCUT2D eigenvalue weighted by molar-refractivity contribution is 7.98. The van der Waals surface area contributed by atoms with Gasteiger partial charge in [-0.25, -0.2) is 0 Å². The number of benzene rings is 2. The van der Waals surface area contributed by atoms with Crippen LogP contribution in [0.25, 0.3) is 0 Å². The zero-order chi connectivity index (χ0) is 20.8. The second-order valence-electron chi connectivity index (χ2n) is 5.67. The van der Waals surface area contributed by atoms with E-state index in [1.54, 1.807) is 6.26 Å². The quantitative estimate of drug-likeness (QED) is 0.246. The fourth-order valence-corrected chi connectivity index (χ4v) is 2.78. The molecular weight excluding hydrogens is 398 g/mol. The van der Waals surface area contributed by atoms with E-state index in [0.29, 0.717) is 6.54 Å². The monoisotopic (exact) mass is 413 g/mol. The fraction of sp³-hybridized carbons (Fsp3) is 0.111. The Hall–Kier alpha value is -3.73. The number of hydrogen-bond donors (Lipinski definition) is 1. The van der Waals surface area contributed by atoms with Crippen molar-refractivity contribution in [2.45, 2.75) is 11.7 Å². The van der Waals surface area contributed by atoms with Crippen molar-refractivity contribution in [1.29, 1.82) is 0 Å². The predicted molar refractivity (Wildman–Crippen MR) is 107 cm³/mol. The minimum Gasteiger partial charge on any atom is -0.433 e. The van der Waals surface area contributed by atoms with Crippen molar-refractivity contribution in [3.05, 3.63) is 80.4 Å². The number of ether oxygens (including phenoxy) is 1. The zero-order valence-electron chi connectivity index (χ0n) is 15.1. The van der Waals surface area contributed by atoms with Crippen LogP contribution in [0.1, 0.15) is 5.56 Å². The molecule has 0 fully saturated rings. The van der Waals surface area contributed by atoms with E-state index >= 15 is 0 Å². The maximum atomic E-state index is 11.7. The van der Waals surface area contributed by atoms with Gasteiger partial charge in [0.2, 0.25) is 5.82 Å². The maximum Gasteiger partial charge on any atom is 0.373 e. The Morgan fingerprint density at radius 3 is 2.45 bits per heavy atom. The Morgan fingerprint density at radius 1 is 1.03 bits per heavy atom. The molecule has 2 aromatic carbocycles. The summed E-state index contributed by atoms with van der Waals surface area (Å²) < 4.78 is 5.55. The Labute approximate surface area is 169 Å². The molecule has 148 valence electrons. The van der Waals surface area contributed by atoms with E-state index < -0.39 is 15.5 Å². The summed E-state index contributed by atoms with van der Waals surface area (Å²) in [7, 11) is 0. The van der Waals surface area contributed by atoms with Crippen LogP contribution in [0.4, 0.5) is 17.2 Å². The number of nitrogens with zero attached hydrogens (tertiary/aromatic N) is 4. The smallest absolute Gasteiger partial charge is 0.373 e. The lowest BCUT2D eigenvalue weighted by Crippen LogP contribution is -2.08. The molecule has 0 atom stereocenters. The van der Waals surface area contributed by atoms with Gasteiger partial charge in [-0.15, -0.1) is 0 Å². The molecule has 0 unspecified atom stereocenters. The Bertz CT molecular complexity index is 1050. The van der Waals surface area contributed by atoms with Gasteiger partial charge in [-0.05, 0) is 17.9 Å². The molecule has 0 spiro atoms. The standard InChI is InChI=1S/C18H15N5O5S/c1-29-18-20-16(19-11-12-6-3-2-4-7-12)15(23(26)27)17(21-18)28-14-9-5-8-13(10-14)22(24)25/h2-10H,11H2,1H3,(H,19,20,21). The van der Waals surface area contributed by atoms with Crippen LogP contribution in [0, 0.1) is 20.2 Å². The number of aromatic nitrogens is 2. The Morgan fingerprint density at radius 2 is 1.79 bits per heavy atom. The molecule has 3 aromatic rings. The van der Waals surface area contributed by atoms with Crippen molar-refractivity contribution in [2.75, 3.05) is 11.6 Å². The number of non-ortho nitro benzene ring substituents is 1. The van der Waals surface area contributed by atoms with Crippen molar-refractivity contribution in [3.8, 4) is 11.6 Å². The van der Waals surface area contributed by atoms with Gasteiger partial charge in [0.25, 0.3) is 5.69 Å². The van der Waals surface area contributed by atoms with Gasteiger partial charge in [0.15, 0.2) is 5.16 Å². The van der Waals surface area contributed by atoms with E-state index in [4.69, 9.17) is 4.74 Å². The van der Waals surface area contributed by atoms with Gasteiger partial charge in [0.05, 0.1) is 15.9 Å². The Kier molecular flexibility index (Phi) is 6.19. The lowest BCUT2D eigenvalue weighted by molar-refractivity contribution is -0.385. The van der Waals surface area contributed by atoms with Crippen LogP contribution >= 0.6 is 11.8 Å². The molecular formula is C18H15N5O5S. The average molecular weight is 413 g/mol. The van der Waals surface area contributed by atoms with Gasteiger partial charge < -0.3 is 10.1 Å². The molecule has 29 heavy (non-hydrogen) atoms. The van der Waals surface area contributed by atoms with E-state index in [1.807, 2.05) is 30.3 Å². The van der Waals surface area contributed by atoms with Gasteiger partial charge >= 0.3 is 11.6 Å². The highest BCUT2D eigenvalue weighted by Gasteiger charge is 2.27. The molecule has 3 rings (SSSR count). The second kappa shape index (κ2) is 8.97. The lowest BCUT2D eigenvalue weighted by Gasteiger charge is -2.11. The summed E-state index contributed by atoms with van der Waals surface area (Å²) in [6, 6.07) is 14.7. The van der Waals surface area contributed by atoms with E-state index in [0.717, 1.165) is 5.56 Å². The largest absolute Gasteiger partial charge is 0.433 e. The maximum absolute atomic E-state index is 11.7. The van der Waals surface area contributed by atoms with Crippen LogP contribution < -0.4 is 10.1 Å². The zero-order valence-corrected chi connectivity index (χ0v) is 16.0. The first-order valence-electron chi connectivity index (χ1n) is 8.28. The van der Waals surface area contributed by atoms with Crippen molar-refractivity contribution < 1.29 is 14.6 Å². The highest BCUT2D eigenvalue weighted by atomic mass is 32.2. The summed E-state index contributed by atoms with van der Waals surface area (Å²) >= 11 is 1.18. The third-order valence-electron chi connectivity index (χ3n) is 3.74. The molecule has 0 aliphatic carbocycles. The number of hydrogen-bond acceptors (Lipinski definition) is 9. The number of nitrogens with one attached hydrogen (secondary N) is 1. The normalized spacial score (nSPS) is 10.4. The van der Waals surface area contributed by atoms with E-state index in [1.165, 1.54) is 36.0 Å². The van der Waals surface area contributed by atoms with Gasteiger partial charge in [-0.3, -0.25) is 20.2 Å². The van der Waals surface area contributed by atoms with Gasteiger partial charge in [-0.1, -0.05) is 48.2 Å². The van der Waals surface area contributed by atoms with Crippen LogP contribution in [-0.2, 0) is 6.54 Å². The molecule has 10 nitrogen and oxygen atoms in total. The predicted octanol–water partition coefficient (Wildman–Crippen LogP) is 4.42. The molecule has 0 radical (unpaired) electrons. The second-order valence-corrected chi connectivity index (χ2v) is 6.44. The van der Waals surface area contributed by atoms with Crippen molar-refractivity contribution in [3.63, 3.8) is 0 Å². The molecule has 0 aliphatic heterocycles. The lowest BCUT2D eigenvalue weighted by atomic mass is 10.2. The number of anilines is 1. The summed E-state index contributed by atoms with van der Waals surface area (Å²) in [5.74, 6) is -0.244. The molecule has 0 amide bonds. The molecule has 0 aliphatic rings. The van der Waals surface area contributed by atoms with E-state index in [2.05, 4.69) is 15.3 Å². The first-order valence-corrected chi connectivity index (χ1v) is 9.51. The molecule has 1 aromatic heterocycles. The third kappa shape index (κ3) is 4.96. The van der Waals surface area contributed by atoms with Gasteiger partial charge in [0.1, 0.15) is 5.75 Å². The van der Waals surface area contributed by atoms with E-state index in [-0.39, 0.29) is 28.3 Å². The topological polar surface area (TPSA) is 133 Å². The fourth-order valence-electron chi connectivity index (χ4n) is 2.42. The van der Waals surface area contributed by atoms with Gasteiger partial charge in [0, 0.05) is 12.6 Å². The average Bonchev–Trinajstić information content (AvgIpc) is 2.72. The molecule has 11 heteroatoms. The highest BCUT2D eigenvalue weighted by Crippen LogP contribution is 2.37. The summed E-state index contributed by atoms with van der Waals surface area (Å²) in [6.07, 6.45) is 1.72. The molecule has 1 heterocycles. The van der Waals surface area contributed by atoms with E-state index in [9.17, 15) is 20.2 Å². The summed E-state index contributed by atoms with van der Waals surface area (Å²) in [4.78, 5) is 29.7. The SMILES string of the molecule is CSc1nc(NCc2ccccc2)c([N+](=O)[O-])c(Oc2cccc([N+](=O)[O-])c2)n1. The van der Waals surface area contributed by atoms with Crippen molar-refractivity contribution in [1.82, 2.24) is 9.97 Å². The summed E-state index contributed by atoms with van der Waals surface area (Å²) in [5.41, 5.74) is 0.254. The number of nitro groups is 2. The van der Waals surface area contributed by atoms with Crippen molar-refractivity contribution in [2.24, 2.45) is 0 Å². The van der Waals surface area contributed by atoms with Crippen LogP contribution in [0.2, 0.25) is 0 Å². The van der Waals surface area contributed by atoms with Crippen LogP contribution in [0.5, 0.6) is 11.6 Å². The molecule has 1 N–H and O–H groups in total. The molecule has 0 saturated carbocycles. The molecule has 0 saturated heterocycles. The van der Waals surface area contributed by atoms with Crippen LogP contribution in [0.15, 0.2) is 59.8 Å². The Balaban J connectivity index is 1.98. The third-order valence-corrected chi connectivity index (χ3v) is 4.29. The minimum atomic E-state index is -0.649. The minimum absolute atomic E-state index is 0.00126. The van der Waals surface area contributed by atoms with Crippen LogP contribution in [-0.4, -0.2) is 26.1 Å². The van der Waals surface area contributed by atoms with Gasteiger partial charge in [-0.2, -0.15) is 9.97 Å². The number of thioether (sulfide) groups is 1. The van der Waals surface area contributed by atoms with Crippen molar-refractivity contribution >= 4 is 29.0 Å². The van der Waals surface area contributed by atoms with Crippen LogP contribution in [0.3, 0.4) is 0 Å². The number of nitro benzene ring substituents is 1. The first kappa shape index (κ1) is 20.0. The summed E-state index contributed by atoms with van der Waals surface area (Å²) in [6.45, 7) is 0.308. The summed E-state index contributed by atoms with van der Waals surface area (Å²) in [5, 5.41) is 25.9. The first-order chi connectivity index (χ1) is 14.0. The number of rotatable bonds is 8. The molecule has 0 bridgehead atoms.